The molecule has 0 bridgehead atoms. The summed E-state index contributed by atoms with van der Waals surface area (Å²) in [5, 5.41) is 6.64. The molecule has 2 unspecified atom stereocenters. The minimum absolute atomic E-state index is 0.110. The molecule has 1 fully saturated rings. The molecule has 0 saturated carbocycles. The molecule has 1 saturated heterocycles. The van der Waals surface area contributed by atoms with Gasteiger partial charge in [0.15, 0.2) is 5.96 Å². The number of benzene rings is 2. The molecule has 0 amide bonds. The second-order valence-electron chi connectivity index (χ2n) is 7.62. The van der Waals surface area contributed by atoms with E-state index in [1.54, 1.807) is 7.05 Å². The van der Waals surface area contributed by atoms with Crippen molar-refractivity contribution in [1.82, 2.24) is 15.5 Å². The Labute approximate surface area is 172 Å². The average Bonchev–Trinajstić information content (AvgIpc) is 2.72. The molecule has 1 aliphatic rings. The summed E-state index contributed by atoms with van der Waals surface area (Å²) in [4.78, 5) is 6.77. The van der Waals surface area contributed by atoms with Gasteiger partial charge in [0.1, 0.15) is 11.6 Å². The first-order valence-corrected chi connectivity index (χ1v) is 10.2. The Bertz CT molecular complexity index is 790. The summed E-state index contributed by atoms with van der Waals surface area (Å²) >= 11 is 0. The maximum absolute atomic E-state index is 13.7. The van der Waals surface area contributed by atoms with Crippen LogP contribution >= 0.6 is 0 Å². The van der Waals surface area contributed by atoms with Gasteiger partial charge in [-0.15, -0.1) is 0 Å². The lowest BCUT2D eigenvalue weighted by Crippen LogP contribution is -2.51. The molecule has 3 rings (SSSR count). The van der Waals surface area contributed by atoms with E-state index in [-0.39, 0.29) is 12.0 Å². The quantitative estimate of drug-likeness (QED) is 0.573. The molecule has 6 heteroatoms. The third-order valence-electron chi connectivity index (χ3n) is 5.54. The molecule has 2 aromatic rings. The summed E-state index contributed by atoms with van der Waals surface area (Å²) in [6.07, 6.45) is 2.32. The number of nitrogens with zero attached hydrogens (tertiary/aromatic N) is 2. The third kappa shape index (κ3) is 6.00. The molecule has 29 heavy (non-hydrogen) atoms. The summed E-state index contributed by atoms with van der Waals surface area (Å²) in [5.74, 6) is -0.334. The number of rotatable bonds is 6. The Morgan fingerprint density at radius 1 is 1.10 bits per heavy atom. The summed E-state index contributed by atoms with van der Waals surface area (Å²) in [6, 6.07) is 15.3. The Balaban J connectivity index is 1.45. The average molecular weight is 401 g/mol. The predicted octanol–water partition coefficient (Wildman–Crippen LogP) is 3.73. The zero-order chi connectivity index (χ0) is 20.6. The van der Waals surface area contributed by atoms with Crippen LogP contribution in [0.5, 0.6) is 0 Å². The van der Waals surface area contributed by atoms with Gasteiger partial charge in [0.2, 0.25) is 0 Å². The minimum atomic E-state index is -0.505. The van der Waals surface area contributed by atoms with Gasteiger partial charge in [-0.1, -0.05) is 36.4 Å². The first kappa shape index (κ1) is 21.2. The smallest absolute Gasteiger partial charge is 0.191 e. The van der Waals surface area contributed by atoms with Crippen LogP contribution in [0.2, 0.25) is 0 Å². The number of guanidine groups is 1. The van der Waals surface area contributed by atoms with E-state index in [2.05, 4.69) is 51.7 Å². The lowest BCUT2D eigenvalue weighted by molar-refractivity contribution is 0.134. The number of hydrogen-bond donors (Lipinski definition) is 2. The van der Waals surface area contributed by atoms with Gasteiger partial charge in [-0.25, -0.2) is 8.78 Å². The lowest BCUT2D eigenvalue weighted by Gasteiger charge is -2.38. The molecule has 1 aliphatic heterocycles. The Morgan fingerprint density at radius 2 is 1.83 bits per heavy atom. The molecule has 1 heterocycles. The van der Waals surface area contributed by atoms with E-state index in [9.17, 15) is 8.78 Å². The van der Waals surface area contributed by atoms with E-state index in [1.807, 2.05) is 6.07 Å². The number of aliphatic imine (C=N–C) groups is 1. The van der Waals surface area contributed by atoms with Crippen LogP contribution in [0.4, 0.5) is 8.78 Å². The summed E-state index contributed by atoms with van der Waals surface area (Å²) in [5.41, 5.74) is 1.45. The van der Waals surface area contributed by atoms with E-state index in [0.29, 0.717) is 24.6 Å². The maximum atomic E-state index is 13.7. The fourth-order valence-corrected chi connectivity index (χ4v) is 3.87. The minimum Gasteiger partial charge on any atom is -0.356 e. The predicted molar refractivity (Wildman–Crippen MR) is 114 cm³/mol. The molecule has 0 radical (unpaired) electrons. The van der Waals surface area contributed by atoms with Crippen molar-refractivity contribution in [3.05, 3.63) is 71.3 Å². The summed E-state index contributed by atoms with van der Waals surface area (Å²) < 4.78 is 27.5. The highest BCUT2D eigenvalue weighted by molar-refractivity contribution is 5.80. The van der Waals surface area contributed by atoms with Crippen molar-refractivity contribution in [1.29, 1.82) is 0 Å². The maximum Gasteiger partial charge on any atom is 0.191 e. The SMILES string of the molecule is CN=C(NCCc1c(F)cccc1F)NC1CCN(Cc2ccccc2)C(C)C1. The van der Waals surface area contributed by atoms with E-state index >= 15 is 0 Å². The number of hydrogen-bond acceptors (Lipinski definition) is 2. The molecule has 2 aromatic carbocycles. The van der Waals surface area contributed by atoms with Crippen LogP contribution < -0.4 is 10.6 Å². The van der Waals surface area contributed by atoms with Crippen molar-refractivity contribution in [3.63, 3.8) is 0 Å². The monoisotopic (exact) mass is 400 g/mol. The highest BCUT2D eigenvalue weighted by atomic mass is 19.1. The van der Waals surface area contributed by atoms with Crippen molar-refractivity contribution in [2.45, 2.75) is 44.8 Å². The van der Waals surface area contributed by atoms with E-state index < -0.39 is 11.6 Å². The number of halogens is 2. The third-order valence-corrected chi connectivity index (χ3v) is 5.54. The van der Waals surface area contributed by atoms with Crippen LogP contribution in [0.25, 0.3) is 0 Å². The topological polar surface area (TPSA) is 39.7 Å². The first-order valence-electron chi connectivity index (χ1n) is 10.2. The largest absolute Gasteiger partial charge is 0.356 e. The van der Waals surface area contributed by atoms with E-state index in [1.165, 1.54) is 23.8 Å². The van der Waals surface area contributed by atoms with Crippen LogP contribution in [0.3, 0.4) is 0 Å². The number of likely N-dealkylation sites (tertiary alicyclic amines) is 1. The molecule has 2 atom stereocenters. The van der Waals surface area contributed by atoms with E-state index in [4.69, 9.17) is 0 Å². The van der Waals surface area contributed by atoms with Crippen molar-refractivity contribution >= 4 is 5.96 Å². The van der Waals surface area contributed by atoms with Crippen LogP contribution in [0.15, 0.2) is 53.5 Å². The lowest BCUT2D eigenvalue weighted by atomic mass is 9.97. The van der Waals surface area contributed by atoms with Gasteiger partial charge in [0, 0.05) is 44.3 Å². The van der Waals surface area contributed by atoms with E-state index in [0.717, 1.165) is 25.9 Å². The van der Waals surface area contributed by atoms with Gasteiger partial charge in [-0.05, 0) is 43.9 Å². The second kappa shape index (κ2) is 10.3. The summed E-state index contributed by atoms with van der Waals surface area (Å²) in [6.45, 7) is 4.66. The van der Waals surface area contributed by atoms with Crippen molar-refractivity contribution < 1.29 is 8.78 Å². The first-order chi connectivity index (χ1) is 14.1. The van der Waals surface area contributed by atoms with Gasteiger partial charge >= 0.3 is 0 Å². The van der Waals surface area contributed by atoms with Crippen LogP contribution in [-0.2, 0) is 13.0 Å². The van der Waals surface area contributed by atoms with Crippen molar-refractivity contribution in [3.8, 4) is 0 Å². The molecular weight excluding hydrogens is 370 g/mol. The number of piperidine rings is 1. The van der Waals surface area contributed by atoms with Crippen molar-refractivity contribution in [2.75, 3.05) is 20.1 Å². The Hall–Kier alpha value is -2.47. The molecule has 0 aromatic heterocycles. The molecule has 0 spiro atoms. The molecule has 4 nitrogen and oxygen atoms in total. The highest BCUT2D eigenvalue weighted by Gasteiger charge is 2.26. The zero-order valence-corrected chi connectivity index (χ0v) is 17.2. The fraction of sp³-hybridized carbons (Fsp3) is 0.435. The van der Waals surface area contributed by atoms with Crippen LogP contribution in [0, 0.1) is 11.6 Å². The summed E-state index contributed by atoms with van der Waals surface area (Å²) in [7, 11) is 1.72. The normalized spacial score (nSPS) is 20.5. The fourth-order valence-electron chi connectivity index (χ4n) is 3.87. The van der Waals surface area contributed by atoms with Gasteiger partial charge in [0.05, 0.1) is 0 Å². The van der Waals surface area contributed by atoms with Gasteiger partial charge in [-0.3, -0.25) is 9.89 Å². The second-order valence-corrected chi connectivity index (χ2v) is 7.62. The zero-order valence-electron chi connectivity index (χ0n) is 17.2. The van der Waals surface area contributed by atoms with Crippen LogP contribution in [-0.4, -0.2) is 43.1 Å². The molecular formula is C23H30F2N4. The Morgan fingerprint density at radius 3 is 2.48 bits per heavy atom. The standard InChI is InChI=1S/C23H30F2N4/c1-17-15-19(12-14-29(17)16-18-7-4-3-5-8-18)28-23(26-2)27-13-11-20-21(24)9-6-10-22(20)25/h3-10,17,19H,11-16H2,1-2H3,(H2,26,27,28). The number of nitrogens with one attached hydrogen (secondary N) is 2. The van der Waals surface area contributed by atoms with Gasteiger partial charge in [-0.2, -0.15) is 0 Å². The van der Waals surface area contributed by atoms with Crippen LogP contribution in [0.1, 0.15) is 30.9 Å². The molecule has 156 valence electrons. The van der Waals surface area contributed by atoms with Gasteiger partial charge in [0.25, 0.3) is 0 Å². The van der Waals surface area contributed by atoms with Crippen molar-refractivity contribution in [2.24, 2.45) is 4.99 Å². The van der Waals surface area contributed by atoms with Gasteiger partial charge < -0.3 is 10.6 Å². The molecule has 0 aliphatic carbocycles. The molecule has 2 N–H and O–H groups in total. The Kier molecular flexibility index (Phi) is 7.58. The highest BCUT2D eigenvalue weighted by Crippen LogP contribution is 2.20.